The lowest BCUT2D eigenvalue weighted by atomic mass is 10.3. The normalized spacial score (nSPS) is 10.7. The van der Waals surface area contributed by atoms with Gasteiger partial charge in [-0.25, -0.2) is 0 Å². The third kappa shape index (κ3) is 5.04. The Balaban J connectivity index is 2.40. The lowest BCUT2D eigenvalue weighted by Gasteiger charge is -2.11. The van der Waals surface area contributed by atoms with E-state index in [2.05, 4.69) is 46.9 Å². The van der Waals surface area contributed by atoms with Crippen LogP contribution in [0, 0.1) is 3.57 Å². The topological polar surface area (TPSA) is 15.3 Å². The van der Waals surface area contributed by atoms with Gasteiger partial charge in [0.05, 0.1) is 0 Å². The van der Waals surface area contributed by atoms with Crippen LogP contribution in [-0.2, 0) is 0 Å². The summed E-state index contributed by atoms with van der Waals surface area (Å²) < 4.78 is 1.21. The molecule has 0 aliphatic rings. The van der Waals surface area contributed by atoms with E-state index < -0.39 is 0 Å². The summed E-state index contributed by atoms with van der Waals surface area (Å²) in [5.74, 6) is 0. The zero-order valence-electron chi connectivity index (χ0n) is 9.06. The molecule has 2 nitrogen and oxygen atoms in total. The molecule has 0 amide bonds. The van der Waals surface area contributed by atoms with Crippen LogP contribution in [0.4, 0.5) is 5.69 Å². The number of anilines is 1. The van der Waals surface area contributed by atoms with Gasteiger partial charge in [-0.3, -0.25) is 0 Å². The summed E-state index contributed by atoms with van der Waals surface area (Å²) in [6.45, 7) is 2.08. The Kier molecular flexibility index (Phi) is 5.71. The lowest BCUT2D eigenvalue weighted by molar-refractivity contribution is 0.405. The monoisotopic (exact) mass is 338 g/mol. The zero-order chi connectivity index (χ0) is 11.3. The van der Waals surface area contributed by atoms with E-state index in [1.807, 2.05) is 18.2 Å². The Labute approximate surface area is 110 Å². The molecule has 0 saturated heterocycles. The molecule has 1 rings (SSSR count). The number of hydrogen-bond acceptors (Lipinski definition) is 2. The van der Waals surface area contributed by atoms with Gasteiger partial charge in [-0.15, -0.1) is 0 Å². The molecule has 0 radical (unpaired) electrons. The van der Waals surface area contributed by atoms with Crippen molar-refractivity contribution < 1.29 is 0 Å². The number of benzene rings is 1. The highest BCUT2D eigenvalue weighted by atomic mass is 127. The SMILES string of the molecule is CN(C)CCCNc1cc(Cl)ccc1I. The Morgan fingerprint density at radius 2 is 2.13 bits per heavy atom. The molecule has 0 aromatic heterocycles. The Morgan fingerprint density at radius 1 is 1.40 bits per heavy atom. The molecule has 1 aromatic rings. The minimum absolute atomic E-state index is 0.783. The summed E-state index contributed by atoms with van der Waals surface area (Å²) in [5, 5.41) is 4.17. The Hall–Kier alpha value is -0.000000000000000111. The molecule has 0 spiro atoms. The third-order valence-corrected chi connectivity index (χ3v) is 3.20. The molecule has 0 heterocycles. The van der Waals surface area contributed by atoms with Crippen LogP contribution < -0.4 is 5.32 Å². The second-order valence-corrected chi connectivity index (χ2v) is 5.31. The van der Waals surface area contributed by atoms with E-state index in [1.54, 1.807) is 0 Å². The molecule has 0 aliphatic heterocycles. The van der Waals surface area contributed by atoms with Crippen molar-refractivity contribution in [1.29, 1.82) is 0 Å². The molecule has 4 heteroatoms. The first kappa shape index (κ1) is 13.1. The molecule has 0 unspecified atom stereocenters. The minimum Gasteiger partial charge on any atom is -0.384 e. The van der Waals surface area contributed by atoms with Crippen molar-refractivity contribution in [1.82, 2.24) is 4.90 Å². The van der Waals surface area contributed by atoms with E-state index in [0.717, 1.165) is 30.2 Å². The second-order valence-electron chi connectivity index (χ2n) is 3.71. The summed E-state index contributed by atoms with van der Waals surface area (Å²) in [6.07, 6.45) is 1.13. The number of rotatable bonds is 5. The fourth-order valence-corrected chi connectivity index (χ4v) is 1.95. The van der Waals surface area contributed by atoms with E-state index in [-0.39, 0.29) is 0 Å². The smallest absolute Gasteiger partial charge is 0.0490 e. The van der Waals surface area contributed by atoms with E-state index >= 15 is 0 Å². The predicted molar refractivity (Wildman–Crippen MR) is 75.8 cm³/mol. The molecule has 0 fully saturated rings. The van der Waals surface area contributed by atoms with Gasteiger partial charge in [0.25, 0.3) is 0 Å². The van der Waals surface area contributed by atoms with Crippen LogP contribution in [0.5, 0.6) is 0 Å². The second kappa shape index (κ2) is 6.55. The van der Waals surface area contributed by atoms with Crippen molar-refractivity contribution in [2.45, 2.75) is 6.42 Å². The highest BCUT2D eigenvalue weighted by Gasteiger charge is 1.99. The van der Waals surface area contributed by atoms with Gasteiger partial charge in [-0.1, -0.05) is 11.6 Å². The third-order valence-electron chi connectivity index (χ3n) is 2.03. The molecular formula is C11H16ClIN2. The van der Waals surface area contributed by atoms with E-state index in [9.17, 15) is 0 Å². The van der Waals surface area contributed by atoms with Crippen molar-refractivity contribution in [3.63, 3.8) is 0 Å². The standard InChI is InChI=1S/C11H16ClIN2/c1-15(2)7-3-6-14-11-8-9(12)4-5-10(11)13/h4-5,8,14H,3,6-7H2,1-2H3. The number of nitrogens with one attached hydrogen (secondary N) is 1. The first-order chi connectivity index (χ1) is 7.09. The Bertz CT molecular complexity index is 315. The van der Waals surface area contributed by atoms with Crippen LogP contribution in [0.1, 0.15) is 6.42 Å². The summed E-state index contributed by atoms with van der Waals surface area (Å²) in [7, 11) is 4.17. The van der Waals surface area contributed by atoms with Gasteiger partial charge in [0.15, 0.2) is 0 Å². The van der Waals surface area contributed by atoms with Gasteiger partial charge in [0.1, 0.15) is 0 Å². The fourth-order valence-electron chi connectivity index (χ4n) is 1.25. The average molecular weight is 339 g/mol. The highest BCUT2D eigenvalue weighted by molar-refractivity contribution is 14.1. The van der Waals surface area contributed by atoms with Crippen LogP contribution in [0.15, 0.2) is 18.2 Å². The van der Waals surface area contributed by atoms with Crippen LogP contribution in [0.2, 0.25) is 5.02 Å². The van der Waals surface area contributed by atoms with E-state index in [4.69, 9.17) is 11.6 Å². The van der Waals surface area contributed by atoms with Gasteiger partial charge in [0, 0.05) is 20.8 Å². The van der Waals surface area contributed by atoms with Crippen LogP contribution in [0.3, 0.4) is 0 Å². The molecule has 1 aromatic carbocycles. The van der Waals surface area contributed by atoms with E-state index in [1.165, 1.54) is 3.57 Å². The maximum absolute atomic E-state index is 5.93. The van der Waals surface area contributed by atoms with Gasteiger partial charge in [0.2, 0.25) is 0 Å². The molecule has 0 aliphatic carbocycles. The maximum Gasteiger partial charge on any atom is 0.0490 e. The molecule has 0 bridgehead atoms. The summed E-state index contributed by atoms with van der Waals surface area (Å²) >= 11 is 8.24. The number of nitrogens with zero attached hydrogens (tertiary/aromatic N) is 1. The highest BCUT2D eigenvalue weighted by Crippen LogP contribution is 2.22. The largest absolute Gasteiger partial charge is 0.384 e. The van der Waals surface area contributed by atoms with Gasteiger partial charge < -0.3 is 10.2 Å². The molecule has 0 saturated carbocycles. The van der Waals surface area contributed by atoms with Gasteiger partial charge in [-0.2, -0.15) is 0 Å². The number of halogens is 2. The van der Waals surface area contributed by atoms with Crippen molar-refractivity contribution in [3.8, 4) is 0 Å². The van der Waals surface area contributed by atoms with Gasteiger partial charge in [-0.05, 0) is 67.9 Å². The molecule has 15 heavy (non-hydrogen) atoms. The van der Waals surface area contributed by atoms with Crippen molar-refractivity contribution in [2.24, 2.45) is 0 Å². The van der Waals surface area contributed by atoms with Crippen LogP contribution in [-0.4, -0.2) is 32.1 Å². The average Bonchev–Trinajstić information content (AvgIpc) is 2.17. The summed E-state index contributed by atoms with van der Waals surface area (Å²) in [4.78, 5) is 2.19. The summed E-state index contributed by atoms with van der Waals surface area (Å²) in [6, 6.07) is 5.91. The van der Waals surface area contributed by atoms with E-state index in [0.29, 0.717) is 0 Å². The first-order valence-electron chi connectivity index (χ1n) is 4.93. The molecular weight excluding hydrogens is 322 g/mol. The van der Waals surface area contributed by atoms with Crippen molar-refractivity contribution in [2.75, 3.05) is 32.5 Å². The first-order valence-corrected chi connectivity index (χ1v) is 6.39. The van der Waals surface area contributed by atoms with Gasteiger partial charge >= 0.3 is 0 Å². The zero-order valence-corrected chi connectivity index (χ0v) is 12.0. The fraction of sp³-hybridized carbons (Fsp3) is 0.455. The molecule has 1 N–H and O–H groups in total. The summed E-state index contributed by atoms with van der Waals surface area (Å²) in [5.41, 5.74) is 1.13. The predicted octanol–water partition coefficient (Wildman–Crippen LogP) is 3.31. The molecule has 0 atom stereocenters. The molecule has 84 valence electrons. The number of hydrogen-bond donors (Lipinski definition) is 1. The van der Waals surface area contributed by atoms with Crippen LogP contribution >= 0.6 is 34.2 Å². The van der Waals surface area contributed by atoms with Crippen molar-refractivity contribution in [3.05, 3.63) is 26.8 Å². The maximum atomic E-state index is 5.93. The van der Waals surface area contributed by atoms with Crippen molar-refractivity contribution >= 4 is 39.9 Å². The minimum atomic E-state index is 0.783. The van der Waals surface area contributed by atoms with Crippen LogP contribution in [0.25, 0.3) is 0 Å². The Morgan fingerprint density at radius 3 is 2.80 bits per heavy atom. The quantitative estimate of drug-likeness (QED) is 0.654. The lowest BCUT2D eigenvalue weighted by Crippen LogP contribution is -2.16.